The molecule has 0 aliphatic heterocycles. The molecule has 1 heterocycles. The molecule has 5 nitrogen and oxygen atoms in total. The van der Waals surface area contributed by atoms with E-state index in [1.54, 1.807) is 0 Å². The summed E-state index contributed by atoms with van der Waals surface area (Å²) < 4.78 is 1.82. The van der Waals surface area contributed by atoms with Crippen LogP contribution in [0.3, 0.4) is 0 Å². The first-order chi connectivity index (χ1) is 7.26. The first kappa shape index (κ1) is 11.7. The van der Waals surface area contributed by atoms with Crippen LogP contribution < -0.4 is 5.32 Å². The average Bonchev–Trinajstić information content (AvgIpc) is 2.72. The Kier molecular flexibility index (Phi) is 4.80. The summed E-state index contributed by atoms with van der Waals surface area (Å²) in [6.45, 7) is 5.40. The normalized spacial score (nSPS) is 10.3. The van der Waals surface area contributed by atoms with Crippen LogP contribution in [-0.2, 0) is 17.8 Å². The first-order valence-corrected chi connectivity index (χ1v) is 5.42. The van der Waals surface area contributed by atoms with Crippen molar-refractivity contribution in [3.8, 4) is 0 Å². The van der Waals surface area contributed by atoms with Crippen molar-refractivity contribution in [1.82, 2.24) is 20.3 Å². The second kappa shape index (κ2) is 6.16. The maximum absolute atomic E-state index is 10.9. The first-order valence-electron chi connectivity index (χ1n) is 5.42. The molecular formula is C10H18N4O. The summed E-state index contributed by atoms with van der Waals surface area (Å²) in [7, 11) is 0. The third kappa shape index (κ3) is 4.10. The Balaban J connectivity index is 2.17. The zero-order chi connectivity index (χ0) is 11.1. The van der Waals surface area contributed by atoms with Gasteiger partial charge >= 0.3 is 0 Å². The van der Waals surface area contributed by atoms with Gasteiger partial charge in [-0.3, -0.25) is 9.48 Å². The van der Waals surface area contributed by atoms with Gasteiger partial charge in [-0.15, -0.1) is 5.10 Å². The van der Waals surface area contributed by atoms with Crippen LogP contribution in [-0.4, -0.2) is 27.4 Å². The summed E-state index contributed by atoms with van der Waals surface area (Å²) in [5, 5.41) is 10.8. The summed E-state index contributed by atoms with van der Waals surface area (Å²) in [6, 6.07) is 0. The fraction of sp³-hybridized carbons (Fsp3) is 0.700. The molecule has 15 heavy (non-hydrogen) atoms. The van der Waals surface area contributed by atoms with E-state index in [4.69, 9.17) is 0 Å². The molecule has 0 fully saturated rings. The lowest BCUT2D eigenvalue weighted by atomic mass is 10.3. The molecule has 1 aromatic rings. The highest BCUT2D eigenvalue weighted by molar-refractivity contribution is 5.75. The molecule has 5 heteroatoms. The van der Waals surface area contributed by atoms with Crippen molar-refractivity contribution < 1.29 is 4.79 Å². The van der Waals surface area contributed by atoms with Gasteiger partial charge in [-0.1, -0.05) is 19.1 Å². The van der Waals surface area contributed by atoms with Gasteiger partial charge in [0.25, 0.3) is 0 Å². The molecule has 1 rings (SSSR count). The quantitative estimate of drug-likeness (QED) is 0.705. The molecule has 1 N–H and O–H groups in total. The van der Waals surface area contributed by atoms with E-state index in [0.29, 0.717) is 13.0 Å². The number of aryl methyl sites for hydroxylation is 2. The van der Waals surface area contributed by atoms with Crippen LogP contribution in [0, 0.1) is 0 Å². The minimum atomic E-state index is 0.0998. The molecule has 0 aliphatic carbocycles. The van der Waals surface area contributed by atoms with E-state index in [1.807, 2.05) is 17.8 Å². The smallest absolute Gasteiger partial charge is 0.219 e. The highest BCUT2D eigenvalue weighted by atomic mass is 16.1. The molecule has 0 radical (unpaired) electrons. The standard InChI is InChI=1S/C10H18N4O/c1-3-9-8-14(13-12-9)7-5-6-11-10(15)4-2/h8H,3-7H2,1-2H3,(H,11,15). The highest BCUT2D eigenvalue weighted by Crippen LogP contribution is 1.94. The third-order valence-corrected chi connectivity index (χ3v) is 2.16. The van der Waals surface area contributed by atoms with Crippen LogP contribution in [0.4, 0.5) is 0 Å². The van der Waals surface area contributed by atoms with E-state index >= 15 is 0 Å². The molecule has 1 aromatic heterocycles. The maximum atomic E-state index is 10.9. The molecule has 0 saturated carbocycles. The Morgan fingerprint density at radius 1 is 1.53 bits per heavy atom. The van der Waals surface area contributed by atoms with Gasteiger partial charge in [-0.05, 0) is 12.8 Å². The van der Waals surface area contributed by atoms with Crippen LogP contribution in [0.25, 0.3) is 0 Å². The summed E-state index contributed by atoms with van der Waals surface area (Å²) >= 11 is 0. The maximum Gasteiger partial charge on any atom is 0.219 e. The van der Waals surface area contributed by atoms with Gasteiger partial charge in [0.1, 0.15) is 0 Å². The predicted octanol–water partition coefficient (Wildman–Crippen LogP) is 0.757. The number of nitrogens with one attached hydrogen (secondary N) is 1. The molecule has 0 saturated heterocycles. The van der Waals surface area contributed by atoms with Crippen molar-refractivity contribution in [3.63, 3.8) is 0 Å². The van der Waals surface area contributed by atoms with Crippen LogP contribution in [0.2, 0.25) is 0 Å². The van der Waals surface area contributed by atoms with Crippen molar-refractivity contribution >= 4 is 5.91 Å². The zero-order valence-electron chi connectivity index (χ0n) is 9.36. The lowest BCUT2D eigenvalue weighted by molar-refractivity contribution is -0.120. The number of hydrogen-bond donors (Lipinski definition) is 1. The Hall–Kier alpha value is -1.39. The van der Waals surface area contributed by atoms with Crippen LogP contribution in [0.1, 0.15) is 32.4 Å². The average molecular weight is 210 g/mol. The number of amides is 1. The van der Waals surface area contributed by atoms with E-state index in [-0.39, 0.29) is 5.91 Å². The monoisotopic (exact) mass is 210 g/mol. The predicted molar refractivity (Wildman–Crippen MR) is 57.3 cm³/mol. The number of rotatable bonds is 6. The summed E-state index contributed by atoms with van der Waals surface area (Å²) in [5.74, 6) is 0.0998. The van der Waals surface area contributed by atoms with Crippen molar-refractivity contribution in [3.05, 3.63) is 11.9 Å². The summed E-state index contributed by atoms with van der Waals surface area (Å²) in [4.78, 5) is 10.9. The Labute approximate surface area is 89.9 Å². The topological polar surface area (TPSA) is 59.8 Å². The zero-order valence-corrected chi connectivity index (χ0v) is 9.36. The van der Waals surface area contributed by atoms with Gasteiger partial charge in [0.15, 0.2) is 0 Å². The molecule has 0 spiro atoms. The Morgan fingerprint density at radius 2 is 2.33 bits per heavy atom. The molecule has 1 amide bonds. The number of aromatic nitrogens is 3. The largest absolute Gasteiger partial charge is 0.356 e. The van der Waals surface area contributed by atoms with E-state index in [0.717, 1.165) is 25.1 Å². The minimum Gasteiger partial charge on any atom is -0.356 e. The van der Waals surface area contributed by atoms with Crippen molar-refractivity contribution in [2.24, 2.45) is 0 Å². The third-order valence-electron chi connectivity index (χ3n) is 2.16. The second-order valence-electron chi connectivity index (χ2n) is 3.38. The number of hydrogen-bond acceptors (Lipinski definition) is 3. The summed E-state index contributed by atoms with van der Waals surface area (Å²) in [5.41, 5.74) is 1.01. The van der Waals surface area contributed by atoms with Gasteiger partial charge in [0, 0.05) is 25.7 Å². The van der Waals surface area contributed by atoms with Crippen LogP contribution >= 0.6 is 0 Å². The lowest BCUT2D eigenvalue weighted by Gasteiger charge is -2.02. The molecule has 0 aliphatic rings. The number of nitrogens with zero attached hydrogens (tertiary/aromatic N) is 3. The molecular weight excluding hydrogens is 192 g/mol. The van der Waals surface area contributed by atoms with E-state index in [1.165, 1.54) is 0 Å². The fourth-order valence-corrected chi connectivity index (χ4v) is 1.20. The van der Waals surface area contributed by atoms with Crippen molar-refractivity contribution in [2.75, 3.05) is 6.54 Å². The second-order valence-corrected chi connectivity index (χ2v) is 3.38. The van der Waals surface area contributed by atoms with E-state index in [2.05, 4.69) is 22.6 Å². The van der Waals surface area contributed by atoms with E-state index in [9.17, 15) is 4.79 Å². The molecule has 0 unspecified atom stereocenters. The number of carbonyl (C=O) groups is 1. The SMILES string of the molecule is CCC(=O)NCCCn1cc(CC)nn1. The fourth-order valence-electron chi connectivity index (χ4n) is 1.20. The van der Waals surface area contributed by atoms with Gasteiger partial charge in [0.2, 0.25) is 5.91 Å². The molecule has 84 valence electrons. The van der Waals surface area contributed by atoms with Crippen LogP contribution in [0.5, 0.6) is 0 Å². The van der Waals surface area contributed by atoms with Gasteiger partial charge in [-0.2, -0.15) is 0 Å². The number of carbonyl (C=O) groups excluding carboxylic acids is 1. The Morgan fingerprint density at radius 3 is 2.93 bits per heavy atom. The minimum absolute atomic E-state index is 0.0998. The van der Waals surface area contributed by atoms with Gasteiger partial charge < -0.3 is 5.32 Å². The summed E-state index contributed by atoms with van der Waals surface area (Å²) in [6.07, 6.45) is 4.29. The Bertz CT molecular complexity index is 308. The molecule has 0 atom stereocenters. The van der Waals surface area contributed by atoms with Gasteiger partial charge in [0.05, 0.1) is 5.69 Å². The van der Waals surface area contributed by atoms with E-state index < -0.39 is 0 Å². The van der Waals surface area contributed by atoms with Crippen molar-refractivity contribution in [1.29, 1.82) is 0 Å². The molecule has 0 aromatic carbocycles. The highest BCUT2D eigenvalue weighted by Gasteiger charge is 1.98. The molecule has 0 bridgehead atoms. The van der Waals surface area contributed by atoms with Crippen LogP contribution in [0.15, 0.2) is 6.20 Å². The lowest BCUT2D eigenvalue weighted by Crippen LogP contribution is -2.24. The van der Waals surface area contributed by atoms with Crippen molar-refractivity contribution in [2.45, 2.75) is 39.7 Å². The van der Waals surface area contributed by atoms with Gasteiger partial charge in [-0.25, -0.2) is 0 Å².